The molecular formula is C21H24N2O3S. The largest absolute Gasteiger partial charge is 0.395 e. The van der Waals surface area contributed by atoms with Crippen molar-refractivity contribution in [3.05, 3.63) is 72.3 Å². The fourth-order valence-electron chi connectivity index (χ4n) is 3.20. The molecule has 0 saturated heterocycles. The van der Waals surface area contributed by atoms with Crippen LogP contribution in [0.4, 0.5) is 5.69 Å². The number of anilines is 1. The van der Waals surface area contributed by atoms with Crippen molar-refractivity contribution < 1.29 is 13.5 Å². The fraction of sp³-hybridized carbons (Fsp3) is 0.238. The van der Waals surface area contributed by atoms with Gasteiger partial charge in [0.1, 0.15) is 0 Å². The Morgan fingerprint density at radius 2 is 1.52 bits per heavy atom. The average molecular weight is 385 g/mol. The van der Waals surface area contributed by atoms with E-state index >= 15 is 0 Å². The minimum atomic E-state index is -3.78. The average Bonchev–Trinajstić information content (AvgIpc) is 2.67. The number of sulfonamides is 1. The number of hydrogen-bond donors (Lipinski definition) is 1. The van der Waals surface area contributed by atoms with Crippen molar-refractivity contribution in [3.63, 3.8) is 0 Å². The second-order valence-electron chi connectivity index (χ2n) is 6.57. The Bertz CT molecular complexity index is 1020. The zero-order valence-electron chi connectivity index (χ0n) is 15.5. The quantitative estimate of drug-likeness (QED) is 0.680. The van der Waals surface area contributed by atoms with Crippen molar-refractivity contribution >= 4 is 26.5 Å². The first kappa shape index (κ1) is 19.4. The van der Waals surface area contributed by atoms with Gasteiger partial charge in [-0.15, -0.1) is 0 Å². The van der Waals surface area contributed by atoms with Gasteiger partial charge in [-0.25, -0.2) is 8.42 Å². The number of aliphatic hydroxyl groups excluding tert-OH is 1. The van der Waals surface area contributed by atoms with Gasteiger partial charge in [-0.3, -0.25) is 0 Å². The summed E-state index contributed by atoms with van der Waals surface area (Å²) in [7, 11) is 0.0922. The summed E-state index contributed by atoms with van der Waals surface area (Å²) in [6, 6.07) is 20.4. The SMILES string of the molecule is CN(C)c1cccc2c(S(=O)(=O)N(CCO)Cc3ccccc3)cccc12. The predicted octanol–water partition coefficient (Wildman–Crippen LogP) is 3.09. The van der Waals surface area contributed by atoms with Crippen LogP contribution in [0.15, 0.2) is 71.6 Å². The van der Waals surface area contributed by atoms with Gasteiger partial charge in [0.05, 0.1) is 11.5 Å². The van der Waals surface area contributed by atoms with E-state index in [2.05, 4.69) is 0 Å². The Kier molecular flexibility index (Phi) is 5.79. The van der Waals surface area contributed by atoms with Crippen LogP contribution in [0.5, 0.6) is 0 Å². The fourth-order valence-corrected chi connectivity index (χ4v) is 4.83. The highest BCUT2D eigenvalue weighted by atomic mass is 32.2. The molecule has 0 spiro atoms. The molecule has 0 aromatic heterocycles. The first-order valence-corrected chi connectivity index (χ1v) is 10.2. The summed E-state index contributed by atoms with van der Waals surface area (Å²) < 4.78 is 28.2. The van der Waals surface area contributed by atoms with Gasteiger partial charge in [0, 0.05) is 43.6 Å². The van der Waals surface area contributed by atoms with Gasteiger partial charge in [0.25, 0.3) is 0 Å². The summed E-state index contributed by atoms with van der Waals surface area (Å²) in [6.07, 6.45) is 0. The molecule has 5 nitrogen and oxygen atoms in total. The lowest BCUT2D eigenvalue weighted by Crippen LogP contribution is -2.33. The van der Waals surface area contributed by atoms with Crippen molar-refractivity contribution in [3.8, 4) is 0 Å². The molecule has 0 bridgehead atoms. The van der Waals surface area contributed by atoms with Crippen LogP contribution < -0.4 is 4.90 Å². The number of hydrogen-bond acceptors (Lipinski definition) is 4. The Morgan fingerprint density at radius 3 is 2.19 bits per heavy atom. The van der Waals surface area contributed by atoms with E-state index in [4.69, 9.17) is 0 Å². The second-order valence-corrected chi connectivity index (χ2v) is 8.48. The van der Waals surface area contributed by atoms with Crippen LogP contribution in [0.2, 0.25) is 0 Å². The second kappa shape index (κ2) is 8.08. The van der Waals surface area contributed by atoms with E-state index in [0.717, 1.165) is 16.6 Å². The lowest BCUT2D eigenvalue weighted by molar-refractivity contribution is 0.251. The molecule has 0 aliphatic carbocycles. The first-order chi connectivity index (χ1) is 12.9. The lowest BCUT2D eigenvalue weighted by Gasteiger charge is -2.23. The predicted molar refractivity (Wildman–Crippen MR) is 109 cm³/mol. The number of nitrogens with zero attached hydrogens (tertiary/aromatic N) is 2. The molecule has 0 fully saturated rings. The molecule has 0 aliphatic heterocycles. The molecule has 142 valence electrons. The Labute approximate surface area is 160 Å². The molecule has 0 atom stereocenters. The topological polar surface area (TPSA) is 60.9 Å². The summed E-state index contributed by atoms with van der Waals surface area (Å²) >= 11 is 0. The molecule has 0 aliphatic rings. The zero-order chi connectivity index (χ0) is 19.4. The summed E-state index contributed by atoms with van der Waals surface area (Å²) in [4.78, 5) is 2.22. The van der Waals surface area contributed by atoms with E-state index in [9.17, 15) is 13.5 Å². The van der Waals surface area contributed by atoms with E-state index in [1.165, 1.54) is 4.31 Å². The molecule has 0 heterocycles. The number of benzene rings is 3. The van der Waals surface area contributed by atoms with Crippen molar-refractivity contribution in [2.75, 3.05) is 32.1 Å². The summed E-state index contributed by atoms with van der Waals surface area (Å²) in [5, 5.41) is 11.0. The molecule has 3 rings (SSSR count). The van der Waals surface area contributed by atoms with Crippen LogP contribution in [-0.4, -0.2) is 45.1 Å². The highest BCUT2D eigenvalue weighted by molar-refractivity contribution is 7.89. The van der Waals surface area contributed by atoms with Gasteiger partial charge in [-0.05, 0) is 17.7 Å². The van der Waals surface area contributed by atoms with Crippen molar-refractivity contribution in [1.82, 2.24) is 4.31 Å². The minimum Gasteiger partial charge on any atom is -0.395 e. The van der Waals surface area contributed by atoms with Gasteiger partial charge in [0.2, 0.25) is 10.0 Å². The van der Waals surface area contributed by atoms with Crippen LogP contribution in [0.3, 0.4) is 0 Å². The molecule has 0 radical (unpaired) electrons. The number of rotatable bonds is 7. The van der Waals surface area contributed by atoms with E-state index in [0.29, 0.717) is 5.39 Å². The van der Waals surface area contributed by atoms with Gasteiger partial charge in [0.15, 0.2) is 0 Å². The monoisotopic (exact) mass is 384 g/mol. The molecular weight excluding hydrogens is 360 g/mol. The van der Waals surface area contributed by atoms with Crippen LogP contribution in [0.1, 0.15) is 5.56 Å². The normalized spacial score (nSPS) is 11.9. The molecule has 3 aromatic rings. The number of fused-ring (bicyclic) bond motifs is 1. The summed E-state index contributed by atoms with van der Waals surface area (Å²) in [5.74, 6) is 0. The van der Waals surface area contributed by atoms with Crippen LogP contribution in [-0.2, 0) is 16.6 Å². The van der Waals surface area contributed by atoms with Gasteiger partial charge >= 0.3 is 0 Å². The third-order valence-electron chi connectivity index (χ3n) is 4.51. The standard InChI is InChI=1S/C21H24N2O3S/c1-22(2)20-12-6-11-19-18(20)10-7-13-21(19)27(25,26)23(14-15-24)16-17-8-4-3-5-9-17/h3-13,24H,14-16H2,1-2H3. The zero-order valence-corrected chi connectivity index (χ0v) is 16.4. The van der Waals surface area contributed by atoms with E-state index in [1.807, 2.05) is 73.6 Å². The third kappa shape index (κ3) is 3.98. The van der Waals surface area contributed by atoms with Crippen LogP contribution >= 0.6 is 0 Å². The maximum Gasteiger partial charge on any atom is 0.244 e. The van der Waals surface area contributed by atoms with E-state index in [1.54, 1.807) is 12.1 Å². The van der Waals surface area contributed by atoms with Gasteiger partial charge in [-0.1, -0.05) is 54.6 Å². The number of aliphatic hydroxyl groups is 1. The molecule has 3 aromatic carbocycles. The Morgan fingerprint density at radius 1 is 0.852 bits per heavy atom. The Balaban J connectivity index is 2.11. The molecule has 1 N–H and O–H groups in total. The third-order valence-corrected chi connectivity index (χ3v) is 6.41. The van der Waals surface area contributed by atoms with Crippen molar-refractivity contribution in [2.45, 2.75) is 11.4 Å². The highest BCUT2D eigenvalue weighted by Crippen LogP contribution is 2.32. The van der Waals surface area contributed by atoms with Crippen molar-refractivity contribution in [1.29, 1.82) is 0 Å². The molecule has 0 amide bonds. The minimum absolute atomic E-state index is 0.0426. The van der Waals surface area contributed by atoms with Crippen LogP contribution in [0, 0.1) is 0 Å². The molecule has 27 heavy (non-hydrogen) atoms. The van der Waals surface area contributed by atoms with E-state index < -0.39 is 10.0 Å². The van der Waals surface area contributed by atoms with Gasteiger partial charge in [-0.2, -0.15) is 4.31 Å². The van der Waals surface area contributed by atoms with E-state index in [-0.39, 0.29) is 24.6 Å². The lowest BCUT2D eigenvalue weighted by atomic mass is 10.1. The first-order valence-electron chi connectivity index (χ1n) is 8.79. The highest BCUT2D eigenvalue weighted by Gasteiger charge is 2.26. The van der Waals surface area contributed by atoms with Crippen LogP contribution in [0.25, 0.3) is 10.8 Å². The van der Waals surface area contributed by atoms with Crippen molar-refractivity contribution in [2.24, 2.45) is 0 Å². The molecule has 0 unspecified atom stereocenters. The molecule has 6 heteroatoms. The van der Waals surface area contributed by atoms with Gasteiger partial charge < -0.3 is 10.0 Å². The summed E-state index contributed by atoms with van der Waals surface area (Å²) in [5.41, 5.74) is 1.84. The maximum absolute atomic E-state index is 13.4. The summed E-state index contributed by atoms with van der Waals surface area (Å²) in [6.45, 7) is 0.0221. The molecule has 0 saturated carbocycles. The Hall–Kier alpha value is -2.41. The smallest absolute Gasteiger partial charge is 0.244 e. The maximum atomic E-state index is 13.4.